The van der Waals surface area contributed by atoms with E-state index >= 15 is 0 Å². The van der Waals surface area contributed by atoms with Crippen molar-refractivity contribution in [3.05, 3.63) is 41.6 Å². The van der Waals surface area contributed by atoms with Crippen molar-refractivity contribution in [2.75, 3.05) is 6.54 Å². The number of ether oxygens (including phenoxy) is 1. The van der Waals surface area contributed by atoms with Gasteiger partial charge in [0.15, 0.2) is 6.29 Å². The summed E-state index contributed by atoms with van der Waals surface area (Å²) >= 11 is 0. The largest absolute Gasteiger partial charge is 0.460 e. The summed E-state index contributed by atoms with van der Waals surface area (Å²) in [5.74, 6) is -0.282. The standard InChI is InChI=1S/C16H21NO3/c1-16(2,3)20-15(19)9-10-17-14(12-18)11-13-7-5-4-6-8-13/h4-8,11-12,17H,9-10H2,1-3H3. The number of allylic oxidation sites excluding steroid dienone is 1. The number of aldehydes is 1. The first-order chi connectivity index (χ1) is 9.40. The molecule has 4 heteroatoms. The molecule has 0 aliphatic rings. The Morgan fingerprint density at radius 1 is 1.25 bits per heavy atom. The molecule has 0 bridgehead atoms. The van der Waals surface area contributed by atoms with Crippen LogP contribution in [0.25, 0.3) is 6.08 Å². The maximum atomic E-state index is 11.5. The van der Waals surface area contributed by atoms with Gasteiger partial charge in [0.2, 0.25) is 0 Å². The quantitative estimate of drug-likeness (QED) is 0.492. The molecular formula is C16H21NO3. The predicted molar refractivity (Wildman–Crippen MR) is 78.9 cm³/mol. The maximum absolute atomic E-state index is 11.5. The van der Waals surface area contributed by atoms with Gasteiger partial charge < -0.3 is 10.1 Å². The molecule has 0 saturated carbocycles. The molecule has 0 unspecified atom stereocenters. The van der Waals surface area contributed by atoms with Crippen molar-refractivity contribution < 1.29 is 14.3 Å². The lowest BCUT2D eigenvalue weighted by Crippen LogP contribution is -2.26. The summed E-state index contributed by atoms with van der Waals surface area (Å²) in [6, 6.07) is 9.51. The number of carbonyl (C=O) groups excluding carboxylic acids is 2. The molecule has 0 amide bonds. The van der Waals surface area contributed by atoms with E-state index in [4.69, 9.17) is 4.74 Å². The molecule has 0 aliphatic heterocycles. The van der Waals surface area contributed by atoms with Crippen molar-refractivity contribution in [3.8, 4) is 0 Å². The molecule has 0 spiro atoms. The second kappa shape index (κ2) is 7.48. The number of carbonyl (C=O) groups is 2. The Morgan fingerprint density at radius 3 is 2.45 bits per heavy atom. The SMILES string of the molecule is CC(C)(C)OC(=O)CCNC(C=O)=Cc1ccccc1. The Labute approximate surface area is 119 Å². The van der Waals surface area contributed by atoms with Crippen LogP contribution in [0, 0.1) is 0 Å². The monoisotopic (exact) mass is 275 g/mol. The topological polar surface area (TPSA) is 55.4 Å². The summed E-state index contributed by atoms with van der Waals surface area (Å²) in [7, 11) is 0. The molecule has 0 radical (unpaired) electrons. The molecule has 0 saturated heterocycles. The van der Waals surface area contributed by atoms with Crippen molar-refractivity contribution in [2.45, 2.75) is 32.8 Å². The van der Waals surface area contributed by atoms with Crippen molar-refractivity contribution >= 4 is 18.3 Å². The highest BCUT2D eigenvalue weighted by Crippen LogP contribution is 2.08. The number of hydrogen-bond acceptors (Lipinski definition) is 4. The van der Waals surface area contributed by atoms with Crippen LogP contribution in [0.4, 0.5) is 0 Å². The van der Waals surface area contributed by atoms with E-state index in [0.29, 0.717) is 12.2 Å². The zero-order chi connectivity index (χ0) is 15.0. The Kier molecular flexibility index (Phi) is 5.97. The molecule has 0 atom stereocenters. The van der Waals surface area contributed by atoms with Gasteiger partial charge in [0.25, 0.3) is 0 Å². The summed E-state index contributed by atoms with van der Waals surface area (Å²) < 4.78 is 5.18. The highest BCUT2D eigenvalue weighted by atomic mass is 16.6. The third-order valence-corrected chi connectivity index (χ3v) is 2.33. The Bertz CT molecular complexity index is 472. The third-order valence-electron chi connectivity index (χ3n) is 2.33. The summed E-state index contributed by atoms with van der Waals surface area (Å²) in [6.07, 6.45) is 2.70. The van der Waals surface area contributed by atoms with Crippen molar-refractivity contribution in [1.29, 1.82) is 0 Å². The molecule has 1 aromatic rings. The van der Waals surface area contributed by atoms with E-state index in [-0.39, 0.29) is 12.4 Å². The molecule has 1 aromatic carbocycles. The molecule has 4 nitrogen and oxygen atoms in total. The molecule has 1 N–H and O–H groups in total. The molecular weight excluding hydrogens is 254 g/mol. The van der Waals surface area contributed by atoms with E-state index in [0.717, 1.165) is 11.8 Å². The molecule has 1 rings (SSSR count). The lowest BCUT2D eigenvalue weighted by Gasteiger charge is -2.19. The minimum Gasteiger partial charge on any atom is -0.460 e. The van der Waals surface area contributed by atoms with Crippen molar-refractivity contribution in [1.82, 2.24) is 5.32 Å². The summed E-state index contributed by atoms with van der Waals surface area (Å²) in [4.78, 5) is 22.5. The van der Waals surface area contributed by atoms with E-state index in [1.807, 2.05) is 51.1 Å². The van der Waals surface area contributed by atoms with Crippen LogP contribution >= 0.6 is 0 Å². The van der Waals surface area contributed by atoms with Gasteiger partial charge in [-0.15, -0.1) is 0 Å². The molecule has 0 heterocycles. The Balaban J connectivity index is 2.45. The second-order valence-electron chi connectivity index (χ2n) is 5.39. The minimum atomic E-state index is -0.482. The van der Waals surface area contributed by atoms with E-state index in [2.05, 4.69) is 5.32 Å². The van der Waals surface area contributed by atoms with Crippen LogP contribution in [0.3, 0.4) is 0 Å². The van der Waals surface area contributed by atoms with Gasteiger partial charge in [-0.2, -0.15) is 0 Å². The average molecular weight is 275 g/mol. The van der Waals surface area contributed by atoms with Gasteiger partial charge >= 0.3 is 5.97 Å². The van der Waals surface area contributed by atoms with E-state index < -0.39 is 5.60 Å². The van der Waals surface area contributed by atoms with E-state index in [1.165, 1.54) is 0 Å². The van der Waals surface area contributed by atoms with E-state index in [1.54, 1.807) is 6.08 Å². The van der Waals surface area contributed by atoms with Gasteiger partial charge in [-0.25, -0.2) is 0 Å². The first-order valence-electron chi connectivity index (χ1n) is 6.58. The zero-order valence-corrected chi connectivity index (χ0v) is 12.2. The lowest BCUT2D eigenvalue weighted by molar-refractivity contribution is -0.154. The van der Waals surface area contributed by atoms with Gasteiger partial charge in [-0.1, -0.05) is 30.3 Å². The number of benzene rings is 1. The highest BCUT2D eigenvalue weighted by molar-refractivity contribution is 5.81. The normalized spacial score (nSPS) is 11.8. The van der Waals surface area contributed by atoms with Crippen LogP contribution in [0.15, 0.2) is 36.0 Å². The Morgan fingerprint density at radius 2 is 1.90 bits per heavy atom. The van der Waals surface area contributed by atoms with Gasteiger partial charge in [-0.05, 0) is 32.4 Å². The number of rotatable bonds is 6. The van der Waals surface area contributed by atoms with Gasteiger partial charge in [0.1, 0.15) is 5.60 Å². The fraction of sp³-hybridized carbons (Fsp3) is 0.375. The van der Waals surface area contributed by atoms with Crippen LogP contribution in [-0.2, 0) is 14.3 Å². The zero-order valence-electron chi connectivity index (χ0n) is 12.2. The number of esters is 1. The fourth-order valence-corrected chi connectivity index (χ4v) is 1.56. The van der Waals surface area contributed by atoms with Gasteiger partial charge in [-0.3, -0.25) is 9.59 Å². The smallest absolute Gasteiger partial charge is 0.308 e. The molecule has 0 aromatic heterocycles. The van der Waals surface area contributed by atoms with Crippen LogP contribution in [0.5, 0.6) is 0 Å². The average Bonchev–Trinajstić information content (AvgIpc) is 2.36. The molecule has 20 heavy (non-hydrogen) atoms. The Hall–Kier alpha value is -2.10. The number of nitrogens with one attached hydrogen (secondary N) is 1. The van der Waals surface area contributed by atoms with Crippen molar-refractivity contribution in [2.24, 2.45) is 0 Å². The predicted octanol–water partition coefficient (Wildman–Crippen LogP) is 2.55. The van der Waals surface area contributed by atoms with Gasteiger partial charge in [0, 0.05) is 6.54 Å². The van der Waals surface area contributed by atoms with Crippen LogP contribution in [0.2, 0.25) is 0 Å². The fourth-order valence-electron chi connectivity index (χ4n) is 1.56. The first-order valence-corrected chi connectivity index (χ1v) is 6.58. The molecule has 108 valence electrons. The van der Waals surface area contributed by atoms with E-state index in [9.17, 15) is 9.59 Å². The number of hydrogen-bond donors (Lipinski definition) is 1. The molecule has 0 fully saturated rings. The molecule has 0 aliphatic carbocycles. The first kappa shape index (κ1) is 16.0. The van der Waals surface area contributed by atoms with Crippen LogP contribution in [0.1, 0.15) is 32.8 Å². The lowest BCUT2D eigenvalue weighted by atomic mass is 10.2. The summed E-state index contributed by atoms with van der Waals surface area (Å²) in [5, 5.41) is 2.93. The second-order valence-corrected chi connectivity index (χ2v) is 5.39. The van der Waals surface area contributed by atoms with Crippen molar-refractivity contribution in [3.63, 3.8) is 0 Å². The highest BCUT2D eigenvalue weighted by Gasteiger charge is 2.15. The summed E-state index contributed by atoms with van der Waals surface area (Å²) in [5.41, 5.74) is 0.892. The third kappa shape index (κ3) is 6.73. The minimum absolute atomic E-state index is 0.219. The maximum Gasteiger partial charge on any atom is 0.308 e. The van der Waals surface area contributed by atoms with Gasteiger partial charge in [0.05, 0.1) is 12.1 Å². The summed E-state index contributed by atoms with van der Waals surface area (Å²) in [6.45, 7) is 5.84. The van der Waals surface area contributed by atoms with Crippen LogP contribution in [-0.4, -0.2) is 24.4 Å². The van der Waals surface area contributed by atoms with Crippen LogP contribution < -0.4 is 5.32 Å².